The maximum atomic E-state index is 13.5. The molecule has 7 nitrogen and oxygen atoms in total. The van der Waals surface area contributed by atoms with Crippen LogP contribution < -0.4 is 16.0 Å². The average molecular weight is 565 g/mol. The van der Waals surface area contributed by atoms with Crippen molar-refractivity contribution in [3.8, 4) is 0 Å². The lowest BCUT2D eigenvalue weighted by Gasteiger charge is -2.12. The zero-order chi connectivity index (χ0) is 22.3. The van der Waals surface area contributed by atoms with Crippen LogP contribution in [0.15, 0.2) is 41.7 Å². The van der Waals surface area contributed by atoms with Gasteiger partial charge in [0.25, 0.3) is 0 Å². The van der Waals surface area contributed by atoms with Crippen molar-refractivity contribution < 1.29 is 17.6 Å². The molecule has 0 aliphatic rings. The minimum atomic E-state index is -4.51. The van der Waals surface area contributed by atoms with Crippen molar-refractivity contribution in [2.45, 2.75) is 19.5 Å². The lowest BCUT2D eigenvalue weighted by Crippen LogP contribution is -2.39. The first-order valence-corrected chi connectivity index (χ1v) is 9.78. The quantitative estimate of drug-likeness (QED) is 0.109. The fourth-order valence-corrected chi connectivity index (χ4v) is 2.94. The highest BCUT2D eigenvalue weighted by Gasteiger charge is 2.32. The van der Waals surface area contributed by atoms with E-state index in [1.54, 1.807) is 6.07 Å². The summed E-state index contributed by atoms with van der Waals surface area (Å²) in [5, 5.41) is 9.78. The van der Waals surface area contributed by atoms with Crippen molar-refractivity contribution >= 4 is 46.8 Å². The van der Waals surface area contributed by atoms with Gasteiger partial charge in [-0.2, -0.15) is 13.2 Å². The number of aromatic amines is 1. The Balaban J connectivity index is 0.00000363. The van der Waals surface area contributed by atoms with Crippen molar-refractivity contribution in [3.05, 3.63) is 53.7 Å². The molecule has 3 aromatic rings. The summed E-state index contributed by atoms with van der Waals surface area (Å²) < 4.78 is 51.6. The second-order valence-corrected chi connectivity index (χ2v) is 6.63. The van der Waals surface area contributed by atoms with Crippen molar-refractivity contribution in [2.24, 2.45) is 4.99 Å². The molecule has 0 bridgehead atoms. The third kappa shape index (κ3) is 7.21. The first-order chi connectivity index (χ1) is 14.9. The monoisotopic (exact) mass is 565 g/mol. The molecule has 32 heavy (non-hydrogen) atoms. The van der Waals surface area contributed by atoms with Crippen LogP contribution in [-0.4, -0.2) is 47.1 Å². The fraction of sp³-hybridized carbons (Fsp3) is 0.350. The summed E-state index contributed by atoms with van der Waals surface area (Å²) in [6.07, 6.45) is -0.984. The standard InChI is InChI=1S/C20H23F4N7.HI/c1-2-25-18(26-7-5-13-12-30-16-4-3-14(21)11-15(13)16)28-9-10-29-19-27-8-6-17(31-19)20(22,23)24;/h3-4,6,8,11-12,30H,2,5,7,9-10H2,1H3,(H2,25,26,28)(H,27,29,31);1H. The van der Waals surface area contributed by atoms with Crippen molar-refractivity contribution in [3.63, 3.8) is 0 Å². The molecule has 0 fully saturated rings. The van der Waals surface area contributed by atoms with Crippen molar-refractivity contribution in [1.82, 2.24) is 25.6 Å². The van der Waals surface area contributed by atoms with Crippen LogP contribution in [0.25, 0.3) is 10.9 Å². The number of H-pyrrole nitrogens is 1. The van der Waals surface area contributed by atoms with Gasteiger partial charge in [0.1, 0.15) is 11.5 Å². The van der Waals surface area contributed by atoms with Crippen LogP contribution in [0, 0.1) is 5.82 Å². The second kappa shape index (κ2) is 11.8. The number of nitrogens with zero attached hydrogens (tertiary/aromatic N) is 3. The Kier molecular flexibility index (Phi) is 9.47. The third-order valence-electron chi connectivity index (χ3n) is 4.37. The van der Waals surface area contributed by atoms with E-state index in [0.29, 0.717) is 38.6 Å². The predicted octanol–water partition coefficient (Wildman–Crippen LogP) is 3.94. The van der Waals surface area contributed by atoms with Gasteiger partial charge in [-0.1, -0.05) is 0 Å². The molecule has 0 aliphatic heterocycles. The highest BCUT2D eigenvalue weighted by atomic mass is 127. The van der Waals surface area contributed by atoms with Gasteiger partial charge in [-0.15, -0.1) is 24.0 Å². The van der Waals surface area contributed by atoms with Crippen LogP contribution in [0.3, 0.4) is 0 Å². The van der Waals surface area contributed by atoms with Gasteiger partial charge in [-0.3, -0.25) is 4.99 Å². The number of benzene rings is 1. The van der Waals surface area contributed by atoms with Gasteiger partial charge in [0.15, 0.2) is 5.96 Å². The molecule has 4 N–H and O–H groups in total. The summed E-state index contributed by atoms with van der Waals surface area (Å²) >= 11 is 0. The van der Waals surface area contributed by atoms with Gasteiger partial charge in [-0.25, -0.2) is 14.4 Å². The molecular weight excluding hydrogens is 541 g/mol. The summed E-state index contributed by atoms with van der Waals surface area (Å²) in [4.78, 5) is 14.8. The van der Waals surface area contributed by atoms with Crippen molar-refractivity contribution in [1.29, 1.82) is 0 Å². The van der Waals surface area contributed by atoms with E-state index in [-0.39, 0.29) is 35.7 Å². The smallest absolute Gasteiger partial charge is 0.361 e. The Labute approximate surface area is 199 Å². The molecular formula is C20H24F4IN7. The summed E-state index contributed by atoms with van der Waals surface area (Å²) in [6, 6.07) is 5.42. The van der Waals surface area contributed by atoms with E-state index in [1.165, 1.54) is 12.1 Å². The summed E-state index contributed by atoms with van der Waals surface area (Å²) in [7, 11) is 0. The van der Waals surface area contributed by atoms with E-state index >= 15 is 0 Å². The number of rotatable bonds is 8. The number of alkyl halides is 3. The van der Waals surface area contributed by atoms with Crippen LogP contribution in [0.4, 0.5) is 23.5 Å². The summed E-state index contributed by atoms with van der Waals surface area (Å²) in [5.74, 6) is 0.189. The SMILES string of the molecule is CCNC(=NCCc1c[nH]c2ccc(F)cc12)NCCNc1nccc(C(F)(F)F)n1.I. The highest BCUT2D eigenvalue weighted by molar-refractivity contribution is 14.0. The average Bonchev–Trinajstić information content (AvgIpc) is 3.13. The van der Waals surface area contributed by atoms with E-state index in [9.17, 15) is 17.6 Å². The molecule has 0 spiro atoms. The van der Waals surface area contributed by atoms with Crippen LogP contribution >= 0.6 is 24.0 Å². The number of hydrogen-bond acceptors (Lipinski definition) is 4. The number of aliphatic imine (C=N–C) groups is 1. The van der Waals surface area contributed by atoms with E-state index in [0.717, 1.165) is 28.7 Å². The molecule has 2 heterocycles. The van der Waals surface area contributed by atoms with Gasteiger partial charge < -0.3 is 20.9 Å². The molecule has 0 atom stereocenters. The maximum absolute atomic E-state index is 13.5. The Morgan fingerprint density at radius 1 is 1.16 bits per heavy atom. The number of nitrogens with one attached hydrogen (secondary N) is 4. The zero-order valence-corrected chi connectivity index (χ0v) is 19.6. The second-order valence-electron chi connectivity index (χ2n) is 6.63. The fourth-order valence-electron chi connectivity index (χ4n) is 2.94. The Morgan fingerprint density at radius 3 is 2.72 bits per heavy atom. The Bertz CT molecular complexity index is 1040. The number of aromatic nitrogens is 3. The minimum Gasteiger partial charge on any atom is -0.361 e. The number of fused-ring (bicyclic) bond motifs is 1. The van der Waals surface area contributed by atoms with Gasteiger partial charge in [-0.05, 0) is 43.2 Å². The first kappa shape index (κ1) is 25.6. The summed E-state index contributed by atoms with van der Waals surface area (Å²) in [6.45, 7) is 3.74. The Morgan fingerprint density at radius 2 is 1.97 bits per heavy atom. The maximum Gasteiger partial charge on any atom is 0.433 e. The topological polar surface area (TPSA) is 90.0 Å². The Hall–Kier alpha value is -2.64. The van der Waals surface area contributed by atoms with E-state index in [2.05, 4.69) is 35.9 Å². The molecule has 12 heteroatoms. The molecule has 2 aromatic heterocycles. The van der Waals surface area contributed by atoms with Crippen LogP contribution in [0.2, 0.25) is 0 Å². The molecule has 174 valence electrons. The zero-order valence-electron chi connectivity index (χ0n) is 17.3. The van der Waals surface area contributed by atoms with Crippen molar-refractivity contribution in [2.75, 3.05) is 31.5 Å². The van der Waals surface area contributed by atoms with E-state index < -0.39 is 11.9 Å². The normalized spacial score (nSPS) is 11.8. The predicted molar refractivity (Wildman–Crippen MR) is 127 cm³/mol. The van der Waals surface area contributed by atoms with Crippen LogP contribution in [-0.2, 0) is 12.6 Å². The molecule has 0 radical (unpaired) electrons. The molecule has 0 saturated heterocycles. The largest absolute Gasteiger partial charge is 0.433 e. The van der Waals surface area contributed by atoms with E-state index in [1.807, 2.05) is 13.1 Å². The van der Waals surface area contributed by atoms with Gasteiger partial charge in [0, 0.05) is 49.5 Å². The molecule has 0 unspecified atom stereocenters. The van der Waals surface area contributed by atoms with Crippen LogP contribution in [0.5, 0.6) is 0 Å². The molecule has 0 saturated carbocycles. The lowest BCUT2D eigenvalue weighted by atomic mass is 10.1. The highest BCUT2D eigenvalue weighted by Crippen LogP contribution is 2.27. The number of hydrogen-bond donors (Lipinski definition) is 4. The third-order valence-corrected chi connectivity index (χ3v) is 4.37. The van der Waals surface area contributed by atoms with E-state index in [4.69, 9.17) is 0 Å². The van der Waals surface area contributed by atoms with Gasteiger partial charge in [0.05, 0.1) is 0 Å². The minimum absolute atomic E-state index is 0. The molecule has 0 aliphatic carbocycles. The molecule has 3 rings (SSSR count). The first-order valence-electron chi connectivity index (χ1n) is 9.78. The van der Waals surface area contributed by atoms with Gasteiger partial charge in [0.2, 0.25) is 5.95 Å². The molecule has 1 aromatic carbocycles. The van der Waals surface area contributed by atoms with Crippen LogP contribution in [0.1, 0.15) is 18.2 Å². The van der Waals surface area contributed by atoms with Gasteiger partial charge >= 0.3 is 6.18 Å². The number of anilines is 1. The lowest BCUT2D eigenvalue weighted by molar-refractivity contribution is -0.141. The molecule has 0 amide bonds. The number of halogens is 5. The summed E-state index contributed by atoms with van der Waals surface area (Å²) in [5.41, 5.74) is 0.843. The number of guanidine groups is 1.